The second-order valence-corrected chi connectivity index (χ2v) is 8.47. The Hall–Kier alpha value is -1.95. The maximum Gasteiger partial charge on any atom is 0.254 e. The fourth-order valence-electron chi connectivity index (χ4n) is 2.94. The first kappa shape index (κ1) is 15.9. The minimum Gasteiger partial charge on any atom is -0.337 e. The van der Waals surface area contributed by atoms with E-state index in [2.05, 4.69) is 4.98 Å². The number of rotatable bonds is 1. The van der Waals surface area contributed by atoms with E-state index in [4.69, 9.17) is 0 Å². The van der Waals surface area contributed by atoms with Crippen molar-refractivity contribution in [3.8, 4) is 0 Å². The number of benzene rings is 1. The Balaban J connectivity index is 2.10. The van der Waals surface area contributed by atoms with E-state index in [1.54, 1.807) is 4.90 Å². The number of carbonyl (C=O) groups is 1. The van der Waals surface area contributed by atoms with Crippen LogP contribution in [0.2, 0.25) is 0 Å². The zero-order valence-electron chi connectivity index (χ0n) is 13.6. The third-order valence-electron chi connectivity index (χ3n) is 4.47. The summed E-state index contributed by atoms with van der Waals surface area (Å²) in [4.78, 5) is 19.2. The van der Waals surface area contributed by atoms with Gasteiger partial charge in [0.1, 0.15) is 0 Å². The fraction of sp³-hybridized carbons (Fsp3) is 0.412. The zero-order valence-corrected chi connectivity index (χ0v) is 14.4. The molecule has 3 rings (SSSR count). The summed E-state index contributed by atoms with van der Waals surface area (Å²) in [6, 6.07) is 5.88. The number of aromatic nitrogens is 1. The maximum absolute atomic E-state index is 13.0. The van der Waals surface area contributed by atoms with Crippen LogP contribution in [-0.4, -0.2) is 48.8 Å². The van der Waals surface area contributed by atoms with Crippen molar-refractivity contribution in [3.05, 3.63) is 40.6 Å². The lowest BCUT2D eigenvalue weighted by atomic mass is 9.99. The summed E-state index contributed by atoms with van der Waals surface area (Å²) >= 11 is 0. The molecule has 0 atom stereocenters. The van der Waals surface area contributed by atoms with E-state index in [0.717, 1.165) is 27.7 Å². The maximum atomic E-state index is 13.0. The summed E-state index contributed by atoms with van der Waals surface area (Å²) in [6.45, 7) is 6.30. The molecule has 0 unspecified atom stereocenters. The molecule has 0 N–H and O–H groups in total. The third kappa shape index (κ3) is 2.95. The van der Waals surface area contributed by atoms with Crippen LogP contribution in [0.3, 0.4) is 0 Å². The minimum atomic E-state index is -3.01. The average molecular weight is 332 g/mol. The molecule has 1 fully saturated rings. The molecule has 1 aromatic carbocycles. The van der Waals surface area contributed by atoms with Gasteiger partial charge in [0.25, 0.3) is 5.91 Å². The highest BCUT2D eigenvalue weighted by molar-refractivity contribution is 7.91. The standard InChI is InChI=1S/C17H20N2O3S/c1-11-4-5-15-14(10-11)16(12(2)13(3)18-15)17(20)19-6-8-23(21,22)9-7-19/h4-5,10H,6-9H2,1-3H3. The number of amides is 1. The first-order valence-corrected chi connectivity index (χ1v) is 9.48. The lowest BCUT2D eigenvalue weighted by molar-refractivity contribution is 0.0771. The van der Waals surface area contributed by atoms with Crippen molar-refractivity contribution >= 4 is 26.6 Å². The molecule has 23 heavy (non-hydrogen) atoms. The highest BCUT2D eigenvalue weighted by Gasteiger charge is 2.28. The topological polar surface area (TPSA) is 67.3 Å². The molecule has 1 aliphatic heterocycles. The van der Waals surface area contributed by atoms with E-state index < -0.39 is 9.84 Å². The second kappa shape index (κ2) is 5.60. The van der Waals surface area contributed by atoms with Crippen LogP contribution in [-0.2, 0) is 9.84 Å². The van der Waals surface area contributed by atoms with Gasteiger partial charge < -0.3 is 4.90 Å². The van der Waals surface area contributed by atoms with Gasteiger partial charge in [-0.2, -0.15) is 0 Å². The molecule has 0 aliphatic carbocycles. The molecule has 2 aromatic rings. The van der Waals surface area contributed by atoms with E-state index in [9.17, 15) is 13.2 Å². The Morgan fingerprint density at radius 1 is 1.13 bits per heavy atom. The number of aryl methyl sites for hydroxylation is 2. The predicted molar refractivity (Wildman–Crippen MR) is 90.5 cm³/mol. The number of hydrogen-bond acceptors (Lipinski definition) is 4. The lowest BCUT2D eigenvalue weighted by Crippen LogP contribution is -2.44. The van der Waals surface area contributed by atoms with Crippen molar-refractivity contribution in [2.75, 3.05) is 24.6 Å². The molecule has 5 nitrogen and oxygen atoms in total. The molecule has 6 heteroatoms. The third-order valence-corrected chi connectivity index (χ3v) is 6.08. The van der Waals surface area contributed by atoms with Crippen molar-refractivity contribution in [1.82, 2.24) is 9.88 Å². The summed E-state index contributed by atoms with van der Waals surface area (Å²) in [7, 11) is -3.01. The van der Waals surface area contributed by atoms with Crippen LogP contribution in [0.5, 0.6) is 0 Å². The molecule has 0 bridgehead atoms. The first-order chi connectivity index (χ1) is 10.8. The van der Waals surface area contributed by atoms with Gasteiger partial charge >= 0.3 is 0 Å². The number of nitrogens with zero attached hydrogens (tertiary/aromatic N) is 2. The van der Waals surface area contributed by atoms with Gasteiger partial charge in [-0.15, -0.1) is 0 Å². The van der Waals surface area contributed by atoms with E-state index in [1.807, 2.05) is 39.0 Å². The Morgan fingerprint density at radius 2 is 1.78 bits per heavy atom. The average Bonchev–Trinajstić information content (AvgIpc) is 2.48. The van der Waals surface area contributed by atoms with Gasteiger partial charge in [-0.1, -0.05) is 11.6 Å². The summed E-state index contributed by atoms with van der Waals surface area (Å²) in [5, 5.41) is 0.839. The summed E-state index contributed by atoms with van der Waals surface area (Å²) in [6.07, 6.45) is 0. The molecule has 1 amide bonds. The van der Waals surface area contributed by atoms with Crippen molar-refractivity contribution in [3.63, 3.8) is 0 Å². The normalized spacial score (nSPS) is 17.4. The smallest absolute Gasteiger partial charge is 0.254 e. The molecular formula is C17H20N2O3S. The Morgan fingerprint density at radius 3 is 2.43 bits per heavy atom. The lowest BCUT2D eigenvalue weighted by Gasteiger charge is -2.28. The number of pyridine rings is 1. The molecule has 0 radical (unpaired) electrons. The zero-order chi connectivity index (χ0) is 16.8. The quantitative estimate of drug-likeness (QED) is 0.801. The molecule has 2 heterocycles. The van der Waals surface area contributed by atoms with Crippen molar-refractivity contribution in [1.29, 1.82) is 0 Å². The van der Waals surface area contributed by atoms with Crippen LogP contribution in [0.4, 0.5) is 0 Å². The van der Waals surface area contributed by atoms with Crippen molar-refractivity contribution < 1.29 is 13.2 Å². The molecule has 1 aliphatic rings. The molecule has 0 saturated carbocycles. The summed E-state index contributed by atoms with van der Waals surface area (Å²) < 4.78 is 23.2. The van der Waals surface area contributed by atoms with Gasteiger partial charge in [0.15, 0.2) is 9.84 Å². The highest BCUT2D eigenvalue weighted by atomic mass is 32.2. The minimum absolute atomic E-state index is 0.0405. The Bertz CT molecular complexity index is 890. The number of carbonyl (C=O) groups excluding carboxylic acids is 1. The van der Waals surface area contributed by atoms with Crippen LogP contribution in [0.15, 0.2) is 18.2 Å². The van der Waals surface area contributed by atoms with Crippen LogP contribution in [0.25, 0.3) is 10.9 Å². The van der Waals surface area contributed by atoms with Gasteiger partial charge in [0.05, 0.1) is 22.6 Å². The van der Waals surface area contributed by atoms with Gasteiger partial charge in [-0.3, -0.25) is 9.78 Å². The van der Waals surface area contributed by atoms with E-state index in [-0.39, 0.29) is 30.5 Å². The summed E-state index contributed by atoms with van der Waals surface area (Å²) in [5.74, 6) is -0.0176. The van der Waals surface area contributed by atoms with Gasteiger partial charge in [0.2, 0.25) is 0 Å². The molecule has 122 valence electrons. The van der Waals surface area contributed by atoms with E-state index >= 15 is 0 Å². The van der Waals surface area contributed by atoms with Crippen LogP contribution in [0, 0.1) is 20.8 Å². The summed E-state index contributed by atoms with van der Waals surface area (Å²) in [5.41, 5.74) is 4.20. The monoisotopic (exact) mass is 332 g/mol. The van der Waals surface area contributed by atoms with Crippen molar-refractivity contribution in [2.24, 2.45) is 0 Å². The number of hydrogen-bond donors (Lipinski definition) is 0. The molecular weight excluding hydrogens is 312 g/mol. The SMILES string of the molecule is Cc1ccc2nc(C)c(C)c(C(=O)N3CCS(=O)(=O)CC3)c2c1. The molecule has 1 saturated heterocycles. The van der Waals surface area contributed by atoms with Gasteiger partial charge in [-0.05, 0) is 38.5 Å². The van der Waals surface area contributed by atoms with Gasteiger partial charge in [-0.25, -0.2) is 8.42 Å². The van der Waals surface area contributed by atoms with Crippen LogP contribution < -0.4 is 0 Å². The van der Waals surface area contributed by atoms with Gasteiger partial charge in [0, 0.05) is 24.2 Å². The fourth-order valence-corrected chi connectivity index (χ4v) is 4.15. The second-order valence-electron chi connectivity index (χ2n) is 6.16. The Labute approximate surface area is 136 Å². The first-order valence-electron chi connectivity index (χ1n) is 7.66. The number of sulfone groups is 1. The largest absolute Gasteiger partial charge is 0.337 e. The predicted octanol–water partition coefficient (Wildman–Crippen LogP) is 2.03. The van der Waals surface area contributed by atoms with E-state index in [0.29, 0.717) is 5.56 Å². The molecule has 1 aromatic heterocycles. The van der Waals surface area contributed by atoms with E-state index in [1.165, 1.54) is 0 Å². The number of fused-ring (bicyclic) bond motifs is 1. The highest BCUT2D eigenvalue weighted by Crippen LogP contribution is 2.26. The molecule has 0 spiro atoms. The van der Waals surface area contributed by atoms with Crippen LogP contribution in [0.1, 0.15) is 27.2 Å². The van der Waals surface area contributed by atoms with Crippen LogP contribution >= 0.6 is 0 Å². The Kier molecular flexibility index (Phi) is 3.88. The van der Waals surface area contributed by atoms with Crippen molar-refractivity contribution in [2.45, 2.75) is 20.8 Å².